The Bertz CT molecular complexity index is 217. The molecule has 0 bridgehead atoms. The van der Waals surface area contributed by atoms with Crippen LogP contribution in [0.1, 0.15) is 5.69 Å². The Morgan fingerprint density at radius 1 is 1.60 bits per heavy atom. The van der Waals surface area contributed by atoms with Crippen molar-refractivity contribution in [1.29, 1.82) is 0 Å². The Kier molecular flexibility index (Phi) is 2.50. The maximum Gasteiger partial charge on any atom is 0.163 e. The molecule has 0 amide bonds. The summed E-state index contributed by atoms with van der Waals surface area (Å²) in [5.74, 6) is 0.549. The maximum absolute atomic E-state index is 11.6. The van der Waals surface area contributed by atoms with E-state index in [1.54, 1.807) is 6.07 Å². The fourth-order valence-corrected chi connectivity index (χ4v) is 0.832. The largest absolute Gasteiger partial charge is 0.287 e. The van der Waals surface area contributed by atoms with E-state index < -0.39 is 0 Å². The van der Waals surface area contributed by atoms with Crippen LogP contribution in [0, 0.1) is 6.92 Å². The van der Waals surface area contributed by atoms with E-state index in [0.29, 0.717) is 5.82 Å². The van der Waals surface area contributed by atoms with Gasteiger partial charge in [0.05, 0.1) is 0 Å². The zero-order chi connectivity index (χ0) is 7.40. The van der Waals surface area contributed by atoms with Crippen LogP contribution in [0.3, 0.4) is 0 Å². The van der Waals surface area contributed by atoms with Gasteiger partial charge >= 0.3 is 0 Å². The van der Waals surface area contributed by atoms with Crippen LogP contribution >= 0.6 is 12.3 Å². The first-order valence-corrected chi connectivity index (χ1v) is 3.52. The predicted molar refractivity (Wildman–Crippen MR) is 41.3 cm³/mol. The summed E-state index contributed by atoms with van der Waals surface area (Å²) >= 11 is 0.0509. The van der Waals surface area contributed by atoms with Gasteiger partial charge in [-0.2, -0.15) is 0 Å². The Balaban J connectivity index is 2.75. The van der Waals surface area contributed by atoms with Crippen LogP contribution in [0.25, 0.3) is 0 Å². The first-order chi connectivity index (χ1) is 4.83. The van der Waals surface area contributed by atoms with Crippen molar-refractivity contribution in [2.24, 2.45) is 0 Å². The number of hydrogen-bond acceptors (Lipinski definition) is 3. The second-order valence-electron chi connectivity index (χ2n) is 1.84. The van der Waals surface area contributed by atoms with Gasteiger partial charge in [0, 0.05) is 5.69 Å². The molecule has 0 saturated carbocycles. The minimum Gasteiger partial charge on any atom is -0.287 e. The molecule has 54 valence electrons. The second-order valence-corrected chi connectivity index (χ2v) is 2.20. The fourth-order valence-electron chi connectivity index (χ4n) is 0.639. The molecule has 0 spiro atoms. The Hall–Kier alpha value is -0.770. The molecule has 0 aliphatic rings. The Labute approximate surface area is 63.3 Å². The minimum absolute atomic E-state index is 0.0509. The van der Waals surface area contributed by atoms with Crippen LogP contribution < -0.4 is 4.72 Å². The first kappa shape index (κ1) is 7.34. The van der Waals surface area contributed by atoms with E-state index >= 15 is 0 Å². The van der Waals surface area contributed by atoms with E-state index in [2.05, 4.69) is 9.71 Å². The highest BCUT2D eigenvalue weighted by atomic mass is 32.2. The van der Waals surface area contributed by atoms with E-state index in [-0.39, 0.29) is 12.3 Å². The number of rotatable bonds is 2. The van der Waals surface area contributed by atoms with Gasteiger partial charge in [-0.15, -0.1) is 3.89 Å². The van der Waals surface area contributed by atoms with Gasteiger partial charge in [0.1, 0.15) is 5.82 Å². The third-order valence-electron chi connectivity index (χ3n) is 1.03. The average Bonchev–Trinajstić information content (AvgIpc) is 1.88. The van der Waals surface area contributed by atoms with Crippen molar-refractivity contribution >= 4 is 18.2 Å². The van der Waals surface area contributed by atoms with Crippen molar-refractivity contribution in [1.82, 2.24) is 4.98 Å². The van der Waals surface area contributed by atoms with E-state index in [4.69, 9.17) is 0 Å². The molecule has 0 fully saturated rings. The summed E-state index contributed by atoms with van der Waals surface area (Å²) in [6, 6.07) is 5.38. The van der Waals surface area contributed by atoms with Crippen LogP contribution in [0.2, 0.25) is 0 Å². The van der Waals surface area contributed by atoms with Crippen molar-refractivity contribution in [3.8, 4) is 0 Å². The number of halogens is 1. The molecule has 2 nitrogen and oxygen atoms in total. The molecule has 10 heavy (non-hydrogen) atoms. The maximum atomic E-state index is 11.6. The van der Waals surface area contributed by atoms with Crippen molar-refractivity contribution < 1.29 is 3.89 Å². The Morgan fingerprint density at radius 3 is 3.00 bits per heavy atom. The molecule has 0 radical (unpaired) electrons. The number of nitrogens with zero attached hydrogens (tertiary/aromatic N) is 1. The number of anilines is 1. The van der Waals surface area contributed by atoms with Crippen LogP contribution in [0.15, 0.2) is 18.2 Å². The summed E-state index contributed by atoms with van der Waals surface area (Å²) in [5, 5.41) is 0. The van der Waals surface area contributed by atoms with Gasteiger partial charge < -0.3 is 0 Å². The lowest BCUT2D eigenvalue weighted by atomic mass is 10.4. The molecule has 0 unspecified atom stereocenters. The van der Waals surface area contributed by atoms with E-state index in [9.17, 15) is 3.89 Å². The lowest BCUT2D eigenvalue weighted by Crippen LogP contribution is -1.88. The quantitative estimate of drug-likeness (QED) is 0.669. The lowest BCUT2D eigenvalue weighted by Gasteiger charge is -1.97. The molecule has 0 saturated heterocycles. The van der Waals surface area contributed by atoms with Gasteiger partial charge in [-0.1, -0.05) is 6.07 Å². The smallest absolute Gasteiger partial charge is 0.163 e. The highest BCUT2D eigenvalue weighted by Crippen LogP contribution is 2.09. The molecule has 1 aromatic heterocycles. The molecule has 1 aromatic rings. The minimum atomic E-state index is 0.0509. The van der Waals surface area contributed by atoms with Crippen LogP contribution in [-0.4, -0.2) is 4.98 Å². The summed E-state index contributed by atoms with van der Waals surface area (Å²) in [4.78, 5) is 3.99. The van der Waals surface area contributed by atoms with Crippen molar-refractivity contribution in [2.45, 2.75) is 6.92 Å². The summed E-state index contributed by atoms with van der Waals surface area (Å²) < 4.78 is 14.0. The van der Waals surface area contributed by atoms with Gasteiger partial charge in [-0.25, -0.2) is 4.98 Å². The van der Waals surface area contributed by atoms with Gasteiger partial charge in [0.15, 0.2) is 12.3 Å². The Morgan fingerprint density at radius 2 is 2.40 bits per heavy atom. The van der Waals surface area contributed by atoms with E-state index in [1.807, 2.05) is 19.1 Å². The van der Waals surface area contributed by atoms with Crippen molar-refractivity contribution in [3.05, 3.63) is 23.9 Å². The summed E-state index contributed by atoms with van der Waals surface area (Å²) in [6.45, 7) is 1.86. The highest BCUT2D eigenvalue weighted by Gasteiger charge is 1.90. The molecule has 1 rings (SSSR count). The van der Waals surface area contributed by atoms with Crippen LogP contribution in [0.5, 0.6) is 0 Å². The average molecular weight is 158 g/mol. The summed E-state index contributed by atoms with van der Waals surface area (Å²) in [7, 11) is 0. The van der Waals surface area contributed by atoms with E-state index in [1.165, 1.54) is 0 Å². The topological polar surface area (TPSA) is 24.9 Å². The number of hydrogen-bond donors (Lipinski definition) is 1. The van der Waals surface area contributed by atoms with E-state index in [0.717, 1.165) is 5.69 Å². The summed E-state index contributed by atoms with van der Waals surface area (Å²) in [6.07, 6.45) is 0. The van der Waals surface area contributed by atoms with Gasteiger partial charge in [-0.3, -0.25) is 4.72 Å². The van der Waals surface area contributed by atoms with Crippen LogP contribution in [-0.2, 0) is 0 Å². The molecular formula is C6H7FN2S. The number of aromatic nitrogens is 1. The number of pyridine rings is 1. The van der Waals surface area contributed by atoms with Gasteiger partial charge in [0.2, 0.25) is 0 Å². The first-order valence-electron chi connectivity index (χ1n) is 2.80. The lowest BCUT2D eigenvalue weighted by molar-refractivity contribution is 0.942. The molecular weight excluding hydrogens is 151 g/mol. The standard InChI is InChI=1S/C6H7FN2S/c1-5-3-2-4-6(8-5)9-10-7/h2-4H,1H3,(H,8,9). The number of nitrogens with one attached hydrogen (secondary N) is 1. The van der Waals surface area contributed by atoms with Crippen LogP contribution in [0.4, 0.5) is 9.70 Å². The SMILES string of the molecule is Cc1cccc(NSF)n1. The third-order valence-corrected chi connectivity index (χ3v) is 1.32. The molecule has 0 aliphatic carbocycles. The van der Waals surface area contributed by atoms with Crippen molar-refractivity contribution in [3.63, 3.8) is 0 Å². The monoisotopic (exact) mass is 158 g/mol. The molecule has 4 heteroatoms. The van der Waals surface area contributed by atoms with Crippen molar-refractivity contribution in [2.75, 3.05) is 4.72 Å². The molecule has 0 atom stereocenters. The molecule has 0 aliphatic heterocycles. The second kappa shape index (κ2) is 3.41. The molecule has 0 aromatic carbocycles. The molecule has 1 heterocycles. The predicted octanol–water partition coefficient (Wildman–Crippen LogP) is 2.33. The third kappa shape index (κ3) is 1.88. The summed E-state index contributed by atoms with van der Waals surface area (Å²) in [5.41, 5.74) is 0.874. The zero-order valence-corrected chi connectivity index (χ0v) is 6.28. The normalized spacial score (nSPS) is 9.40. The number of aryl methyl sites for hydroxylation is 1. The molecule has 1 N–H and O–H groups in total. The van der Waals surface area contributed by atoms with Gasteiger partial charge in [-0.05, 0) is 19.1 Å². The highest BCUT2D eigenvalue weighted by molar-refractivity contribution is 7.95. The van der Waals surface area contributed by atoms with Gasteiger partial charge in [0.25, 0.3) is 0 Å². The zero-order valence-electron chi connectivity index (χ0n) is 5.47. The fraction of sp³-hybridized carbons (Fsp3) is 0.167.